The van der Waals surface area contributed by atoms with Crippen LogP contribution in [0.4, 0.5) is 0 Å². The van der Waals surface area contributed by atoms with Gasteiger partial charge in [0.05, 0.1) is 13.0 Å². The highest BCUT2D eigenvalue weighted by molar-refractivity contribution is 5.75. The van der Waals surface area contributed by atoms with Crippen molar-refractivity contribution in [2.75, 3.05) is 7.11 Å². The van der Waals surface area contributed by atoms with Gasteiger partial charge in [-0.25, -0.2) is 0 Å². The van der Waals surface area contributed by atoms with E-state index in [0.717, 1.165) is 19.3 Å². The van der Waals surface area contributed by atoms with Crippen LogP contribution in [-0.2, 0) is 9.53 Å². The van der Waals surface area contributed by atoms with Crippen LogP contribution in [0.15, 0.2) is 18.2 Å². The van der Waals surface area contributed by atoms with E-state index < -0.39 is 0 Å². The van der Waals surface area contributed by atoms with Crippen LogP contribution in [0, 0.1) is 25.7 Å². The molecule has 0 bridgehead atoms. The molecule has 3 atom stereocenters. The average molecular weight is 260 g/mol. The number of rotatable bonds is 5. The minimum absolute atomic E-state index is 0.0270. The predicted octanol–water partition coefficient (Wildman–Crippen LogP) is 4.00. The molecule has 0 N–H and O–H groups in total. The summed E-state index contributed by atoms with van der Waals surface area (Å²) < 4.78 is 4.83. The van der Waals surface area contributed by atoms with Gasteiger partial charge < -0.3 is 4.74 Å². The number of hydrogen-bond donors (Lipinski definition) is 0. The summed E-state index contributed by atoms with van der Waals surface area (Å²) in [5.41, 5.74) is 4.22. The first-order chi connectivity index (χ1) is 9.08. The maximum absolute atomic E-state index is 11.5. The Balaban J connectivity index is 2.06. The first kappa shape index (κ1) is 14.1. The van der Waals surface area contributed by atoms with E-state index in [2.05, 4.69) is 39.0 Å². The Morgan fingerprint density at radius 1 is 1.42 bits per heavy atom. The van der Waals surface area contributed by atoms with Crippen molar-refractivity contribution >= 4 is 5.97 Å². The summed E-state index contributed by atoms with van der Waals surface area (Å²) in [4.78, 5) is 11.5. The van der Waals surface area contributed by atoms with E-state index in [9.17, 15) is 4.79 Å². The van der Waals surface area contributed by atoms with E-state index in [1.54, 1.807) is 0 Å². The van der Waals surface area contributed by atoms with E-state index in [4.69, 9.17) is 4.74 Å². The first-order valence-corrected chi connectivity index (χ1v) is 7.22. The van der Waals surface area contributed by atoms with Crippen LogP contribution in [0.5, 0.6) is 0 Å². The van der Waals surface area contributed by atoms with Gasteiger partial charge in [0.25, 0.3) is 0 Å². The summed E-state index contributed by atoms with van der Waals surface area (Å²) in [6, 6.07) is 6.55. The van der Waals surface area contributed by atoms with Crippen LogP contribution in [0.1, 0.15) is 48.8 Å². The SMILES string of the molecule is CCC(CC1CC1C(=O)OC)c1cccc(C)c1C. The minimum atomic E-state index is -0.0270. The predicted molar refractivity (Wildman–Crippen MR) is 77.2 cm³/mol. The summed E-state index contributed by atoms with van der Waals surface area (Å²) >= 11 is 0. The molecule has 19 heavy (non-hydrogen) atoms. The van der Waals surface area contributed by atoms with Crippen LogP contribution in [-0.4, -0.2) is 13.1 Å². The Morgan fingerprint density at radius 2 is 2.16 bits per heavy atom. The van der Waals surface area contributed by atoms with E-state index in [0.29, 0.717) is 11.8 Å². The molecule has 0 heterocycles. The van der Waals surface area contributed by atoms with Gasteiger partial charge >= 0.3 is 5.97 Å². The Bertz CT molecular complexity index is 464. The molecule has 0 spiro atoms. The lowest BCUT2D eigenvalue weighted by Gasteiger charge is -2.19. The van der Waals surface area contributed by atoms with Crippen LogP contribution in [0.2, 0.25) is 0 Å². The highest BCUT2D eigenvalue weighted by atomic mass is 16.5. The number of methoxy groups -OCH3 is 1. The van der Waals surface area contributed by atoms with Gasteiger partial charge in [-0.05, 0) is 61.6 Å². The highest BCUT2D eigenvalue weighted by Gasteiger charge is 2.44. The molecule has 1 fully saturated rings. The fourth-order valence-electron chi connectivity index (χ4n) is 3.04. The summed E-state index contributed by atoms with van der Waals surface area (Å²) in [6.45, 7) is 6.61. The van der Waals surface area contributed by atoms with Crippen molar-refractivity contribution < 1.29 is 9.53 Å². The molecule has 1 aliphatic carbocycles. The Hall–Kier alpha value is -1.31. The molecule has 1 aliphatic rings. The van der Waals surface area contributed by atoms with E-state index in [1.165, 1.54) is 23.8 Å². The molecule has 1 saturated carbocycles. The molecule has 0 saturated heterocycles. The Labute approximate surface area is 116 Å². The topological polar surface area (TPSA) is 26.3 Å². The lowest BCUT2D eigenvalue weighted by Crippen LogP contribution is -2.07. The summed E-state index contributed by atoms with van der Waals surface area (Å²) in [7, 11) is 1.49. The largest absolute Gasteiger partial charge is 0.469 e. The summed E-state index contributed by atoms with van der Waals surface area (Å²) in [6.07, 6.45) is 3.25. The molecule has 0 aliphatic heterocycles. The van der Waals surface area contributed by atoms with Crippen molar-refractivity contribution in [3.05, 3.63) is 34.9 Å². The number of carbonyl (C=O) groups excluding carboxylic acids is 1. The van der Waals surface area contributed by atoms with Crippen LogP contribution in [0.3, 0.4) is 0 Å². The molecule has 0 amide bonds. The zero-order valence-electron chi connectivity index (χ0n) is 12.4. The van der Waals surface area contributed by atoms with Gasteiger partial charge in [-0.2, -0.15) is 0 Å². The normalized spacial score (nSPS) is 22.9. The Morgan fingerprint density at radius 3 is 2.79 bits per heavy atom. The van der Waals surface area contributed by atoms with Crippen molar-refractivity contribution in [3.63, 3.8) is 0 Å². The Kier molecular flexibility index (Phi) is 4.28. The van der Waals surface area contributed by atoms with Crippen molar-refractivity contribution in [1.82, 2.24) is 0 Å². The average Bonchev–Trinajstić information content (AvgIpc) is 3.18. The van der Waals surface area contributed by atoms with Crippen LogP contribution in [0.25, 0.3) is 0 Å². The number of hydrogen-bond acceptors (Lipinski definition) is 2. The maximum atomic E-state index is 11.5. The van der Waals surface area contributed by atoms with Crippen molar-refractivity contribution in [1.29, 1.82) is 0 Å². The second-order valence-corrected chi connectivity index (χ2v) is 5.76. The number of ether oxygens (including phenoxy) is 1. The lowest BCUT2D eigenvalue weighted by atomic mass is 9.86. The van der Waals surface area contributed by atoms with E-state index in [1.807, 2.05) is 0 Å². The molecular formula is C17H24O2. The fourth-order valence-corrected chi connectivity index (χ4v) is 3.04. The second-order valence-electron chi connectivity index (χ2n) is 5.76. The maximum Gasteiger partial charge on any atom is 0.308 e. The molecule has 1 aromatic carbocycles. The van der Waals surface area contributed by atoms with Gasteiger partial charge in [-0.1, -0.05) is 25.1 Å². The molecule has 0 aromatic heterocycles. The zero-order valence-corrected chi connectivity index (χ0v) is 12.4. The first-order valence-electron chi connectivity index (χ1n) is 7.22. The van der Waals surface area contributed by atoms with Crippen LogP contribution < -0.4 is 0 Å². The second kappa shape index (κ2) is 5.77. The highest BCUT2D eigenvalue weighted by Crippen LogP contribution is 2.46. The third-order valence-corrected chi connectivity index (χ3v) is 4.59. The zero-order chi connectivity index (χ0) is 14.0. The molecule has 2 rings (SSSR count). The van der Waals surface area contributed by atoms with Gasteiger partial charge in [-0.3, -0.25) is 4.79 Å². The quantitative estimate of drug-likeness (QED) is 0.748. The van der Waals surface area contributed by atoms with Gasteiger partial charge in [0.2, 0.25) is 0 Å². The monoisotopic (exact) mass is 260 g/mol. The lowest BCUT2D eigenvalue weighted by molar-refractivity contribution is -0.142. The number of benzene rings is 1. The van der Waals surface area contributed by atoms with Gasteiger partial charge in [-0.15, -0.1) is 0 Å². The van der Waals surface area contributed by atoms with Crippen molar-refractivity contribution in [3.8, 4) is 0 Å². The molecule has 1 aromatic rings. The molecular weight excluding hydrogens is 236 g/mol. The van der Waals surface area contributed by atoms with Crippen LogP contribution >= 0.6 is 0 Å². The van der Waals surface area contributed by atoms with Crippen molar-refractivity contribution in [2.45, 2.75) is 46.0 Å². The van der Waals surface area contributed by atoms with E-state index >= 15 is 0 Å². The van der Waals surface area contributed by atoms with Crippen molar-refractivity contribution in [2.24, 2.45) is 11.8 Å². The van der Waals surface area contributed by atoms with Gasteiger partial charge in [0, 0.05) is 0 Å². The fraction of sp³-hybridized carbons (Fsp3) is 0.588. The molecule has 0 radical (unpaired) electrons. The minimum Gasteiger partial charge on any atom is -0.469 e. The molecule has 2 heteroatoms. The summed E-state index contributed by atoms with van der Waals surface area (Å²) in [5.74, 6) is 1.22. The van der Waals surface area contributed by atoms with E-state index in [-0.39, 0.29) is 11.9 Å². The third kappa shape index (κ3) is 2.99. The molecule has 2 nitrogen and oxygen atoms in total. The molecule has 3 unspecified atom stereocenters. The smallest absolute Gasteiger partial charge is 0.308 e. The number of carbonyl (C=O) groups is 1. The summed E-state index contributed by atoms with van der Waals surface area (Å²) in [5, 5.41) is 0. The molecule has 104 valence electrons. The third-order valence-electron chi connectivity index (χ3n) is 4.59. The van der Waals surface area contributed by atoms with Gasteiger partial charge in [0.1, 0.15) is 0 Å². The van der Waals surface area contributed by atoms with Gasteiger partial charge in [0.15, 0.2) is 0 Å². The standard InChI is InChI=1S/C17H24O2/c1-5-13(9-14-10-16(14)17(18)19-4)15-8-6-7-11(2)12(15)3/h6-8,13-14,16H,5,9-10H2,1-4H3. The number of esters is 1. The number of aryl methyl sites for hydroxylation is 1.